The number of hydrogen-bond donors (Lipinski definition) is 2. The van der Waals surface area contributed by atoms with E-state index in [0.29, 0.717) is 22.8 Å². The highest BCUT2D eigenvalue weighted by atomic mass is 35.5. The van der Waals surface area contributed by atoms with Crippen molar-refractivity contribution in [2.75, 3.05) is 6.61 Å². The van der Waals surface area contributed by atoms with Crippen molar-refractivity contribution in [3.05, 3.63) is 51.9 Å². The average molecular weight is 380 g/mol. The number of aromatic nitrogens is 1. The summed E-state index contributed by atoms with van der Waals surface area (Å²) in [5.41, 5.74) is 6.28. The van der Waals surface area contributed by atoms with Gasteiger partial charge in [0.2, 0.25) is 0 Å². The van der Waals surface area contributed by atoms with E-state index in [-0.39, 0.29) is 6.42 Å². The summed E-state index contributed by atoms with van der Waals surface area (Å²) in [6, 6.07) is 6.13. The molecule has 2 N–H and O–H groups in total. The van der Waals surface area contributed by atoms with Gasteiger partial charge in [-0.05, 0) is 44.5 Å². The van der Waals surface area contributed by atoms with Gasteiger partial charge in [0.1, 0.15) is 5.76 Å². The number of carbonyl (C=O) groups excluding carboxylic acids is 3. The fraction of sp³-hybridized carbons (Fsp3) is 0.294. The number of esters is 1. The lowest BCUT2D eigenvalue weighted by Gasteiger charge is -2.08. The molecule has 2 rings (SSSR count). The van der Waals surface area contributed by atoms with E-state index in [0.717, 1.165) is 11.3 Å². The van der Waals surface area contributed by atoms with Crippen LogP contribution in [-0.4, -0.2) is 29.5 Å². The summed E-state index contributed by atoms with van der Waals surface area (Å²) in [5, 5.41) is 4.29. The van der Waals surface area contributed by atoms with Crippen LogP contribution in [0.2, 0.25) is 5.02 Å². The molecule has 0 saturated heterocycles. The van der Waals surface area contributed by atoms with Gasteiger partial charge in [-0.25, -0.2) is 0 Å². The number of halogens is 1. The van der Waals surface area contributed by atoms with Crippen molar-refractivity contribution in [2.45, 2.75) is 26.7 Å². The van der Waals surface area contributed by atoms with Crippen LogP contribution < -0.4 is 10.9 Å². The van der Waals surface area contributed by atoms with Crippen molar-refractivity contribution in [3.8, 4) is 0 Å². The monoisotopic (exact) mass is 379 g/mol. The Morgan fingerprint density at radius 2 is 1.85 bits per heavy atom. The number of nitrogens with one attached hydrogen (secondary N) is 2. The van der Waals surface area contributed by atoms with Crippen LogP contribution in [0.1, 0.15) is 33.8 Å². The van der Waals surface area contributed by atoms with Crippen molar-refractivity contribution in [1.82, 2.24) is 16.0 Å². The van der Waals surface area contributed by atoms with Crippen molar-refractivity contribution in [2.24, 2.45) is 0 Å². The molecule has 1 aromatic heterocycles. The third kappa shape index (κ3) is 5.59. The second-order valence-corrected chi connectivity index (χ2v) is 5.91. The van der Waals surface area contributed by atoms with Gasteiger partial charge in [-0.1, -0.05) is 16.8 Å². The first-order valence-electron chi connectivity index (χ1n) is 7.79. The Morgan fingerprint density at radius 3 is 2.46 bits per heavy atom. The molecule has 1 heterocycles. The van der Waals surface area contributed by atoms with E-state index in [1.165, 1.54) is 12.1 Å². The molecule has 26 heavy (non-hydrogen) atoms. The Bertz CT molecular complexity index is 782. The molecule has 0 atom stereocenters. The summed E-state index contributed by atoms with van der Waals surface area (Å²) in [5.74, 6) is -1.06. The Kier molecular flexibility index (Phi) is 6.74. The number of benzene rings is 1. The van der Waals surface area contributed by atoms with Crippen LogP contribution in [0.4, 0.5) is 0 Å². The van der Waals surface area contributed by atoms with E-state index in [2.05, 4.69) is 16.0 Å². The topological polar surface area (TPSA) is 111 Å². The first-order valence-corrected chi connectivity index (χ1v) is 8.16. The molecule has 2 aromatic rings. The molecule has 0 unspecified atom stereocenters. The second-order valence-electron chi connectivity index (χ2n) is 5.47. The van der Waals surface area contributed by atoms with Gasteiger partial charge in [0.25, 0.3) is 11.8 Å². The molecule has 0 bridgehead atoms. The maximum atomic E-state index is 11.8. The molecule has 1 aromatic carbocycles. The number of carbonyl (C=O) groups is 3. The van der Waals surface area contributed by atoms with Crippen molar-refractivity contribution in [1.29, 1.82) is 0 Å². The Balaban J connectivity index is 1.68. The van der Waals surface area contributed by atoms with E-state index < -0.39 is 24.4 Å². The number of amides is 2. The summed E-state index contributed by atoms with van der Waals surface area (Å²) in [6.07, 6.45) is 0.502. The quantitative estimate of drug-likeness (QED) is 0.585. The minimum absolute atomic E-state index is 0.0906. The lowest BCUT2D eigenvalue weighted by molar-refractivity contribution is -0.148. The van der Waals surface area contributed by atoms with Crippen molar-refractivity contribution in [3.63, 3.8) is 0 Å². The molecule has 0 aliphatic carbocycles. The summed E-state index contributed by atoms with van der Waals surface area (Å²) in [6.45, 7) is 3.05. The molecule has 0 spiro atoms. The Hall–Kier alpha value is -2.87. The van der Waals surface area contributed by atoms with Gasteiger partial charge < -0.3 is 9.26 Å². The molecule has 2 amide bonds. The molecule has 138 valence electrons. The van der Waals surface area contributed by atoms with Crippen molar-refractivity contribution >= 4 is 29.4 Å². The third-order valence-electron chi connectivity index (χ3n) is 3.55. The van der Waals surface area contributed by atoms with Crippen LogP contribution in [0.5, 0.6) is 0 Å². The number of nitrogens with zero attached hydrogens (tertiary/aromatic N) is 1. The minimum Gasteiger partial charge on any atom is -0.455 e. The summed E-state index contributed by atoms with van der Waals surface area (Å²) in [7, 11) is 0. The van der Waals surface area contributed by atoms with Gasteiger partial charge in [-0.15, -0.1) is 0 Å². The number of hydrazine groups is 1. The van der Waals surface area contributed by atoms with Gasteiger partial charge in [-0.2, -0.15) is 0 Å². The van der Waals surface area contributed by atoms with Crippen LogP contribution >= 0.6 is 11.6 Å². The molecule has 0 fully saturated rings. The predicted molar refractivity (Wildman–Crippen MR) is 92.3 cm³/mol. The van der Waals surface area contributed by atoms with Gasteiger partial charge in [0.15, 0.2) is 6.61 Å². The zero-order valence-electron chi connectivity index (χ0n) is 14.3. The second kappa shape index (κ2) is 9.00. The molecule has 9 heteroatoms. The highest BCUT2D eigenvalue weighted by molar-refractivity contribution is 6.30. The SMILES string of the molecule is Cc1noc(C)c1CCC(=O)OCC(=O)NNC(=O)c1ccc(Cl)cc1. The fourth-order valence-corrected chi connectivity index (χ4v) is 2.27. The van der Waals surface area contributed by atoms with Gasteiger partial charge in [0.05, 0.1) is 5.69 Å². The molecule has 0 radical (unpaired) electrons. The highest BCUT2D eigenvalue weighted by Gasteiger charge is 2.13. The maximum absolute atomic E-state index is 11.8. The van der Waals surface area contributed by atoms with Gasteiger partial charge in [-0.3, -0.25) is 25.2 Å². The largest absolute Gasteiger partial charge is 0.455 e. The lowest BCUT2D eigenvalue weighted by atomic mass is 10.1. The van der Waals surface area contributed by atoms with Crippen LogP contribution in [0, 0.1) is 13.8 Å². The Labute approximate surface area is 154 Å². The van der Waals surface area contributed by atoms with Crippen LogP contribution in [-0.2, 0) is 20.7 Å². The molecule has 0 aliphatic heterocycles. The third-order valence-corrected chi connectivity index (χ3v) is 3.80. The normalized spacial score (nSPS) is 10.3. The summed E-state index contributed by atoms with van der Waals surface area (Å²) < 4.78 is 9.87. The number of hydrogen-bond acceptors (Lipinski definition) is 6. The lowest BCUT2D eigenvalue weighted by Crippen LogP contribution is -2.43. The van der Waals surface area contributed by atoms with Crippen LogP contribution in [0.25, 0.3) is 0 Å². The van der Waals surface area contributed by atoms with Crippen LogP contribution in [0.15, 0.2) is 28.8 Å². The average Bonchev–Trinajstić information content (AvgIpc) is 2.94. The maximum Gasteiger partial charge on any atom is 0.306 e. The van der Waals surface area contributed by atoms with E-state index >= 15 is 0 Å². The van der Waals surface area contributed by atoms with Gasteiger partial charge in [0, 0.05) is 22.6 Å². The molecular formula is C17H18ClN3O5. The fourth-order valence-electron chi connectivity index (χ4n) is 2.14. The number of aryl methyl sites for hydroxylation is 2. The smallest absolute Gasteiger partial charge is 0.306 e. The number of ether oxygens (including phenoxy) is 1. The predicted octanol–water partition coefficient (Wildman–Crippen LogP) is 1.88. The first kappa shape index (κ1) is 19.5. The zero-order valence-corrected chi connectivity index (χ0v) is 15.1. The van der Waals surface area contributed by atoms with E-state index in [1.807, 2.05) is 0 Å². The highest BCUT2D eigenvalue weighted by Crippen LogP contribution is 2.14. The van der Waals surface area contributed by atoms with Gasteiger partial charge >= 0.3 is 5.97 Å². The standard InChI is InChI=1S/C17H18ClN3O5/c1-10-14(11(2)26-21-10)7-8-16(23)25-9-15(22)19-20-17(24)12-3-5-13(18)6-4-12/h3-6H,7-9H2,1-2H3,(H,19,22)(H,20,24). The summed E-state index contributed by atoms with van der Waals surface area (Å²) in [4.78, 5) is 35.1. The first-order chi connectivity index (χ1) is 12.4. The molecule has 0 aliphatic rings. The molecular weight excluding hydrogens is 362 g/mol. The molecule has 8 nitrogen and oxygen atoms in total. The van der Waals surface area contributed by atoms with Crippen LogP contribution in [0.3, 0.4) is 0 Å². The molecule has 0 saturated carbocycles. The zero-order chi connectivity index (χ0) is 19.1. The van der Waals surface area contributed by atoms with E-state index in [1.54, 1.807) is 26.0 Å². The number of rotatable bonds is 6. The van der Waals surface area contributed by atoms with E-state index in [9.17, 15) is 14.4 Å². The Morgan fingerprint density at radius 1 is 1.15 bits per heavy atom. The van der Waals surface area contributed by atoms with E-state index in [4.69, 9.17) is 20.9 Å². The van der Waals surface area contributed by atoms with Crippen molar-refractivity contribution < 1.29 is 23.6 Å². The minimum atomic E-state index is -0.655. The summed E-state index contributed by atoms with van der Waals surface area (Å²) >= 11 is 5.73.